The van der Waals surface area contributed by atoms with Gasteiger partial charge in [0, 0.05) is 11.6 Å². The first kappa shape index (κ1) is 14.5. The molecule has 1 aliphatic rings. The molecule has 1 fully saturated rings. The van der Waals surface area contributed by atoms with E-state index in [0.717, 1.165) is 19.3 Å². The Morgan fingerprint density at radius 2 is 2.06 bits per heavy atom. The Labute approximate surface area is 104 Å². The van der Waals surface area contributed by atoms with Gasteiger partial charge in [0.25, 0.3) is 0 Å². The fraction of sp³-hybridized carbons (Fsp3) is 0.923. The molecule has 4 nitrogen and oxygen atoms in total. The van der Waals surface area contributed by atoms with Gasteiger partial charge in [0.1, 0.15) is 6.61 Å². The summed E-state index contributed by atoms with van der Waals surface area (Å²) in [7, 11) is 0. The molecule has 0 spiro atoms. The highest BCUT2D eigenvalue weighted by Gasteiger charge is 2.18. The molecule has 0 aromatic rings. The van der Waals surface area contributed by atoms with E-state index < -0.39 is 0 Å². The zero-order valence-electron chi connectivity index (χ0n) is 11.1. The van der Waals surface area contributed by atoms with Crippen LogP contribution in [0.1, 0.15) is 52.4 Å². The number of ether oxygens (including phenoxy) is 1. The van der Waals surface area contributed by atoms with Crippen molar-refractivity contribution in [1.82, 2.24) is 5.32 Å². The second kappa shape index (κ2) is 6.97. The fourth-order valence-corrected chi connectivity index (χ4v) is 2.00. The van der Waals surface area contributed by atoms with Gasteiger partial charge in [-0.25, -0.2) is 0 Å². The van der Waals surface area contributed by atoms with E-state index in [9.17, 15) is 4.79 Å². The summed E-state index contributed by atoms with van der Waals surface area (Å²) in [5.74, 6) is -0.0104. The summed E-state index contributed by atoms with van der Waals surface area (Å²) < 4.78 is 5.36. The van der Waals surface area contributed by atoms with E-state index in [-0.39, 0.29) is 18.1 Å². The Morgan fingerprint density at radius 3 is 2.65 bits per heavy atom. The number of hydrogen-bond acceptors (Lipinski definition) is 3. The maximum atomic E-state index is 11.6. The topological polar surface area (TPSA) is 64.3 Å². The number of nitrogens with one attached hydrogen (secondary N) is 1. The van der Waals surface area contributed by atoms with Crippen molar-refractivity contribution in [2.24, 2.45) is 5.73 Å². The number of carbonyl (C=O) groups excluding carboxylic acids is 1. The van der Waals surface area contributed by atoms with Gasteiger partial charge < -0.3 is 15.8 Å². The van der Waals surface area contributed by atoms with Crippen LogP contribution in [0.2, 0.25) is 0 Å². The Morgan fingerprint density at radius 1 is 1.41 bits per heavy atom. The summed E-state index contributed by atoms with van der Waals surface area (Å²) >= 11 is 0. The van der Waals surface area contributed by atoms with E-state index in [0.29, 0.717) is 12.6 Å². The van der Waals surface area contributed by atoms with Crippen LogP contribution in [0.5, 0.6) is 0 Å². The molecule has 100 valence electrons. The van der Waals surface area contributed by atoms with Gasteiger partial charge in [-0.2, -0.15) is 0 Å². The second-order valence-electron chi connectivity index (χ2n) is 5.40. The molecule has 0 aromatic carbocycles. The van der Waals surface area contributed by atoms with Gasteiger partial charge in [-0.1, -0.05) is 26.2 Å². The lowest BCUT2D eigenvalue weighted by Gasteiger charge is -2.24. The monoisotopic (exact) mass is 242 g/mol. The van der Waals surface area contributed by atoms with Gasteiger partial charge in [-0.05, 0) is 26.2 Å². The third-order valence-corrected chi connectivity index (χ3v) is 3.44. The number of rotatable bonds is 6. The van der Waals surface area contributed by atoms with Crippen LogP contribution < -0.4 is 11.1 Å². The lowest BCUT2D eigenvalue weighted by Crippen LogP contribution is -2.43. The van der Waals surface area contributed by atoms with E-state index in [2.05, 4.69) is 5.32 Å². The van der Waals surface area contributed by atoms with Gasteiger partial charge in [-0.15, -0.1) is 0 Å². The molecule has 0 saturated heterocycles. The molecular weight excluding hydrogens is 216 g/mol. The van der Waals surface area contributed by atoms with Crippen molar-refractivity contribution < 1.29 is 9.53 Å². The predicted molar refractivity (Wildman–Crippen MR) is 68.7 cm³/mol. The molecule has 1 saturated carbocycles. The highest BCUT2D eigenvalue weighted by Crippen LogP contribution is 2.17. The fourth-order valence-electron chi connectivity index (χ4n) is 2.00. The quantitative estimate of drug-likeness (QED) is 0.743. The summed E-state index contributed by atoms with van der Waals surface area (Å²) in [6.45, 7) is 4.52. The van der Waals surface area contributed by atoms with Gasteiger partial charge in [0.2, 0.25) is 5.91 Å². The van der Waals surface area contributed by atoms with Gasteiger partial charge in [0.05, 0.1) is 6.61 Å². The Balaban J connectivity index is 2.12. The van der Waals surface area contributed by atoms with E-state index in [1.165, 1.54) is 19.3 Å². The van der Waals surface area contributed by atoms with Crippen LogP contribution in [0.4, 0.5) is 0 Å². The Bertz CT molecular complexity index is 236. The predicted octanol–water partition coefficient (Wildman–Crippen LogP) is 1.58. The molecule has 4 heteroatoms. The molecule has 1 aliphatic carbocycles. The van der Waals surface area contributed by atoms with Crippen molar-refractivity contribution >= 4 is 5.91 Å². The minimum absolute atomic E-state index is 0.0104. The molecule has 1 amide bonds. The van der Waals surface area contributed by atoms with E-state index in [1.807, 2.05) is 13.8 Å². The molecule has 1 unspecified atom stereocenters. The van der Waals surface area contributed by atoms with Crippen LogP contribution in [0, 0.1) is 0 Å². The summed E-state index contributed by atoms with van der Waals surface area (Å²) in [6.07, 6.45) is 6.80. The maximum Gasteiger partial charge on any atom is 0.246 e. The molecule has 0 aliphatic heterocycles. The molecule has 1 rings (SSSR count). The maximum absolute atomic E-state index is 11.6. The average Bonchev–Trinajstić information content (AvgIpc) is 2.30. The largest absolute Gasteiger partial charge is 0.370 e. The van der Waals surface area contributed by atoms with E-state index in [4.69, 9.17) is 10.5 Å². The van der Waals surface area contributed by atoms with Crippen molar-refractivity contribution in [1.29, 1.82) is 0 Å². The van der Waals surface area contributed by atoms with Crippen LogP contribution in [-0.4, -0.2) is 30.7 Å². The lowest BCUT2D eigenvalue weighted by atomic mass is 9.95. The minimum Gasteiger partial charge on any atom is -0.370 e. The molecule has 0 bridgehead atoms. The first-order chi connectivity index (χ1) is 8.03. The number of nitrogens with two attached hydrogens (primary N) is 1. The SMILES string of the molecule is CCC(C)(N)COCC(=O)NC1CCCCC1. The van der Waals surface area contributed by atoms with Gasteiger partial charge >= 0.3 is 0 Å². The van der Waals surface area contributed by atoms with E-state index >= 15 is 0 Å². The van der Waals surface area contributed by atoms with Crippen molar-refractivity contribution in [2.75, 3.05) is 13.2 Å². The summed E-state index contributed by atoms with van der Waals surface area (Å²) in [6, 6.07) is 0.357. The number of carbonyl (C=O) groups is 1. The Hall–Kier alpha value is -0.610. The highest BCUT2D eigenvalue weighted by molar-refractivity contribution is 5.77. The third-order valence-electron chi connectivity index (χ3n) is 3.44. The molecule has 1 atom stereocenters. The van der Waals surface area contributed by atoms with Crippen molar-refractivity contribution in [3.05, 3.63) is 0 Å². The van der Waals surface area contributed by atoms with Crippen LogP contribution in [-0.2, 0) is 9.53 Å². The van der Waals surface area contributed by atoms with E-state index in [1.54, 1.807) is 0 Å². The first-order valence-corrected chi connectivity index (χ1v) is 6.69. The molecule has 17 heavy (non-hydrogen) atoms. The second-order valence-corrected chi connectivity index (χ2v) is 5.40. The third kappa shape index (κ3) is 6.03. The highest BCUT2D eigenvalue weighted by atomic mass is 16.5. The molecular formula is C13H26N2O2. The average molecular weight is 242 g/mol. The molecule has 0 radical (unpaired) electrons. The summed E-state index contributed by atoms with van der Waals surface area (Å²) in [5.41, 5.74) is 5.60. The normalized spacial score (nSPS) is 20.9. The minimum atomic E-state index is -0.328. The summed E-state index contributed by atoms with van der Waals surface area (Å²) in [4.78, 5) is 11.6. The lowest BCUT2D eigenvalue weighted by molar-refractivity contribution is -0.127. The Kier molecular flexibility index (Phi) is 5.92. The van der Waals surface area contributed by atoms with Crippen molar-refractivity contribution in [3.63, 3.8) is 0 Å². The van der Waals surface area contributed by atoms with Gasteiger partial charge in [-0.3, -0.25) is 4.79 Å². The van der Waals surface area contributed by atoms with Crippen LogP contribution in [0.3, 0.4) is 0 Å². The first-order valence-electron chi connectivity index (χ1n) is 6.69. The van der Waals surface area contributed by atoms with Crippen molar-refractivity contribution in [3.8, 4) is 0 Å². The summed E-state index contributed by atoms with van der Waals surface area (Å²) in [5, 5.41) is 3.02. The zero-order valence-corrected chi connectivity index (χ0v) is 11.1. The zero-order chi connectivity index (χ0) is 12.7. The number of hydrogen-bond donors (Lipinski definition) is 2. The smallest absolute Gasteiger partial charge is 0.246 e. The molecule has 0 aromatic heterocycles. The van der Waals surface area contributed by atoms with Crippen molar-refractivity contribution in [2.45, 2.75) is 64.0 Å². The van der Waals surface area contributed by atoms with Crippen LogP contribution in [0.15, 0.2) is 0 Å². The standard InChI is InChI=1S/C13H26N2O2/c1-3-13(2,14)10-17-9-12(16)15-11-7-5-4-6-8-11/h11H,3-10,14H2,1-2H3,(H,15,16). The van der Waals surface area contributed by atoms with Crippen LogP contribution in [0.25, 0.3) is 0 Å². The van der Waals surface area contributed by atoms with Gasteiger partial charge in [0.15, 0.2) is 0 Å². The van der Waals surface area contributed by atoms with Crippen LogP contribution >= 0.6 is 0 Å². The molecule has 3 N–H and O–H groups in total. The number of amides is 1. The molecule has 0 heterocycles.